The van der Waals surface area contributed by atoms with E-state index in [1.807, 2.05) is 19.1 Å². The Morgan fingerprint density at radius 2 is 2.16 bits per heavy atom. The van der Waals surface area contributed by atoms with Crippen LogP contribution in [0.1, 0.15) is 38.2 Å². The molecule has 19 heavy (non-hydrogen) atoms. The number of halogens is 1. The van der Waals surface area contributed by atoms with Crippen molar-refractivity contribution in [2.24, 2.45) is 0 Å². The van der Waals surface area contributed by atoms with Gasteiger partial charge in [0.15, 0.2) is 0 Å². The predicted octanol–water partition coefficient (Wildman–Crippen LogP) is 3.80. The van der Waals surface area contributed by atoms with Crippen LogP contribution >= 0.6 is 15.9 Å². The van der Waals surface area contributed by atoms with Crippen LogP contribution in [0.15, 0.2) is 28.7 Å². The zero-order valence-electron chi connectivity index (χ0n) is 11.2. The van der Waals surface area contributed by atoms with Gasteiger partial charge in [0.2, 0.25) is 0 Å². The van der Waals surface area contributed by atoms with Crippen LogP contribution in [0.25, 0.3) is 0 Å². The van der Waals surface area contributed by atoms with E-state index in [1.54, 1.807) is 0 Å². The van der Waals surface area contributed by atoms with Gasteiger partial charge in [0.05, 0.1) is 12.2 Å². The number of carbonyl (C=O) groups excluding carboxylic acids is 1. The van der Waals surface area contributed by atoms with Crippen molar-refractivity contribution < 1.29 is 14.3 Å². The maximum atomic E-state index is 11.5. The SMILES string of the molecule is CCOC(=O)CCC1(c2ccc(Br)cc2)CCCO1. The predicted molar refractivity (Wildman–Crippen MR) is 76.9 cm³/mol. The minimum Gasteiger partial charge on any atom is -0.466 e. The van der Waals surface area contributed by atoms with E-state index in [1.165, 1.54) is 0 Å². The van der Waals surface area contributed by atoms with Crippen LogP contribution < -0.4 is 0 Å². The molecule has 0 aliphatic carbocycles. The van der Waals surface area contributed by atoms with E-state index in [4.69, 9.17) is 9.47 Å². The van der Waals surface area contributed by atoms with Crippen molar-refractivity contribution in [2.45, 2.75) is 38.2 Å². The Kier molecular flexibility index (Phi) is 4.99. The summed E-state index contributed by atoms with van der Waals surface area (Å²) in [6.07, 6.45) is 3.10. The normalized spacial score (nSPS) is 22.4. The van der Waals surface area contributed by atoms with Gasteiger partial charge in [-0.15, -0.1) is 0 Å². The maximum absolute atomic E-state index is 11.5. The lowest BCUT2D eigenvalue weighted by molar-refractivity contribution is -0.144. The number of ether oxygens (including phenoxy) is 2. The van der Waals surface area contributed by atoms with E-state index in [2.05, 4.69) is 28.1 Å². The van der Waals surface area contributed by atoms with E-state index in [9.17, 15) is 4.79 Å². The highest BCUT2D eigenvalue weighted by Crippen LogP contribution is 2.40. The second kappa shape index (κ2) is 6.53. The fourth-order valence-corrected chi connectivity index (χ4v) is 2.82. The Morgan fingerprint density at radius 1 is 1.42 bits per heavy atom. The van der Waals surface area contributed by atoms with Crippen LogP contribution in [0, 0.1) is 0 Å². The van der Waals surface area contributed by atoms with Crippen molar-refractivity contribution >= 4 is 21.9 Å². The standard InChI is InChI=1S/C15H19BrO3/c1-2-18-14(17)8-10-15(9-3-11-19-15)12-4-6-13(16)7-5-12/h4-7H,2-3,8-11H2,1H3. The lowest BCUT2D eigenvalue weighted by Gasteiger charge is -2.28. The summed E-state index contributed by atoms with van der Waals surface area (Å²) in [6.45, 7) is 3.03. The van der Waals surface area contributed by atoms with E-state index < -0.39 is 0 Å². The van der Waals surface area contributed by atoms with Gasteiger partial charge >= 0.3 is 5.97 Å². The van der Waals surface area contributed by atoms with Crippen molar-refractivity contribution in [2.75, 3.05) is 13.2 Å². The van der Waals surface area contributed by atoms with Crippen molar-refractivity contribution in [3.05, 3.63) is 34.3 Å². The summed E-state index contributed by atoms with van der Waals surface area (Å²) in [5, 5.41) is 0. The monoisotopic (exact) mass is 326 g/mol. The molecule has 0 N–H and O–H groups in total. The molecule has 0 bridgehead atoms. The van der Waals surface area contributed by atoms with Crippen LogP contribution in [0.4, 0.5) is 0 Å². The van der Waals surface area contributed by atoms with Crippen LogP contribution in [0.2, 0.25) is 0 Å². The number of hydrogen-bond donors (Lipinski definition) is 0. The van der Waals surface area contributed by atoms with Crippen molar-refractivity contribution in [3.63, 3.8) is 0 Å². The molecular weight excluding hydrogens is 308 g/mol. The topological polar surface area (TPSA) is 35.5 Å². The molecule has 1 fully saturated rings. The molecule has 1 saturated heterocycles. The summed E-state index contributed by atoms with van der Waals surface area (Å²) in [4.78, 5) is 11.5. The first kappa shape index (κ1) is 14.5. The third kappa shape index (κ3) is 3.57. The summed E-state index contributed by atoms with van der Waals surface area (Å²) < 4.78 is 12.0. The highest BCUT2D eigenvalue weighted by atomic mass is 79.9. The Bertz CT molecular complexity index is 422. The molecule has 1 aliphatic heterocycles. The number of esters is 1. The van der Waals surface area contributed by atoms with Crippen molar-refractivity contribution in [3.8, 4) is 0 Å². The Labute approximate surface area is 122 Å². The van der Waals surface area contributed by atoms with Crippen LogP contribution in [-0.4, -0.2) is 19.2 Å². The third-order valence-corrected chi connectivity index (χ3v) is 4.04. The van der Waals surface area contributed by atoms with Gasteiger partial charge in [0.1, 0.15) is 0 Å². The summed E-state index contributed by atoms with van der Waals surface area (Å²) in [7, 11) is 0. The molecular formula is C15H19BrO3. The second-order valence-electron chi connectivity index (χ2n) is 4.76. The number of benzene rings is 1. The van der Waals surface area contributed by atoms with Crippen molar-refractivity contribution in [1.29, 1.82) is 0 Å². The third-order valence-electron chi connectivity index (χ3n) is 3.51. The lowest BCUT2D eigenvalue weighted by Crippen LogP contribution is -2.26. The molecule has 1 atom stereocenters. The Balaban J connectivity index is 2.09. The minimum atomic E-state index is -0.312. The quantitative estimate of drug-likeness (QED) is 0.772. The molecule has 1 heterocycles. The molecule has 3 nitrogen and oxygen atoms in total. The molecule has 1 aromatic rings. The summed E-state index contributed by atoms with van der Waals surface area (Å²) in [5.41, 5.74) is 0.838. The first-order valence-corrected chi connectivity index (χ1v) is 7.51. The largest absolute Gasteiger partial charge is 0.466 e. The smallest absolute Gasteiger partial charge is 0.305 e. The van der Waals surface area contributed by atoms with E-state index >= 15 is 0 Å². The molecule has 0 spiro atoms. The van der Waals surface area contributed by atoms with Gasteiger partial charge in [0.25, 0.3) is 0 Å². The molecule has 4 heteroatoms. The Morgan fingerprint density at radius 3 is 2.74 bits per heavy atom. The van der Waals surface area contributed by atoms with Crippen LogP contribution in [0.5, 0.6) is 0 Å². The van der Waals surface area contributed by atoms with Gasteiger partial charge in [0, 0.05) is 17.5 Å². The zero-order chi connectivity index (χ0) is 13.7. The molecule has 1 unspecified atom stereocenters. The van der Waals surface area contributed by atoms with Gasteiger partial charge in [-0.05, 0) is 43.9 Å². The van der Waals surface area contributed by atoms with Gasteiger partial charge in [-0.1, -0.05) is 28.1 Å². The Hall–Kier alpha value is -0.870. The molecule has 104 valence electrons. The van der Waals surface area contributed by atoms with E-state index in [0.29, 0.717) is 19.4 Å². The highest BCUT2D eigenvalue weighted by Gasteiger charge is 2.37. The molecule has 1 aliphatic rings. The molecule has 0 saturated carbocycles. The van der Waals surface area contributed by atoms with Gasteiger partial charge in [-0.25, -0.2) is 0 Å². The first-order valence-electron chi connectivity index (χ1n) is 6.72. The molecule has 0 radical (unpaired) electrons. The summed E-state index contributed by atoms with van der Waals surface area (Å²) in [6, 6.07) is 8.17. The first-order chi connectivity index (χ1) is 9.16. The van der Waals surface area contributed by atoms with Gasteiger partial charge < -0.3 is 9.47 Å². The van der Waals surface area contributed by atoms with Crippen LogP contribution in [-0.2, 0) is 19.9 Å². The average Bonchev–Trinajstić information content (AvgIpc) is 2.88. The fourth-order valence-electron chi connectivity index (χ4n) is 2.56. The maximum Gasteiger partial charge on any atom is 0.305 e. The van der Waals surface area contributed by atoms with Gasteiger partial charge in [-0.2, -0.15) is 0 Å². The van der Waals surface area contributed by atoms with Crippen LogP contribution in [0.3, 0.4) is 0 Å². The summed E-state index contributed by atoms with van der Waals surface area (Å²) in [5.74, 6) is -0.144. The molecule has 2 rings (SSSR count). The second-order valence-corrected chi connectivity index (χ2v) is 5.67. The number of hydrogen-bond acceptors (Lipinski definition) is 3. The molecule has 0 amide bonds. The fraction of sp³-hybridized carbons (Fsp3) is 0.533. The summed E-state index contributed by atoms with van der Waals surface area (Å²) >= 11 is 3.44. The number of rotatable bonds is 5. The molecule has 0 aromatic heterocycles. The van der Waals surface area contributed by atoms with Crippen molar-refractivity contribution in [1.82, 2.24) is 0 Å². The minimum absolute atomic E-state index is 0.144. The lowest BCUT2D eigenvalue weighted by atomic mass is 9.86. The average molecular weight is 327 g/mol. The highest BCUT2D eigenvalue weighted by molar-refractivity contribution is 9.10. The zero-order valence-corrected chi connectivity index (χ0v) is 12.7. The number of carbonyl (C=O) groups is 1. The van der Waals surface area contributed by atoms with E-state index in [0.717, 1.165) is 29.5 Å². The molecule has 1 aromatic carbocycles. The van der Waals surface area contributed by atoms with Gasteiger partial charge in [-0.3, -0.25) is 4.79 Å². The van der Waals surface area contributed by atoms with E-state index in [-0.39, 0.29) is 11.6 Å².